The highest BCUT2D eigenvalue weighted by Crippen LogP contribution is 2.33. The van der Waals surface area contributed by atoms with E-state index in [2.05, 4.69) is 38.2 Å². The number of methoxy groups -OCH3 is 2. The molecule has 9 heteroatoms. The van der Waals surface area contributed by atoms with Crippen LogP contribution in [0.1, 0.15) is 46.3 Å². The molecule has 48 heavy (non-hydrogen) atoms. The van der Waals surface area contributed by atoms with Gasteiger partial charge in [-0.25, -0.2) is 4.99 Å². The smallest absolute Gasteiger partial charge is 0.271 e. The third kappa shape index (κ3) is 6.55. The molecule has 0 saturated heterocycles. The van der Waals surface area contributed by atoms with E-state index in [0.29, 0.717) is 50.1 Å². The van der Waals surface area contributed by atoms with Gasteiger partial charge in [0, 0.05) is 5.69 Å². The maximum absolute atomic E-state index is 14.2. The second-order valence-electron chi connectivity index (χ2n) is 11.8. The molecule has 0 unspecified atom stereocenters. The van der Waals surface area contributed by atoms with E-state index < -0.39 is 6.04 Å². The van der Waals surface area contributed by atoms with Crippen molar-refractivity contribution in [1.29, 1.82) is 0 Å². The lowest BCUT2D eigenvalue weighted by molar-refractivity contribution is -0.113. The number of amides is 1. The quantitative estimate of drug-likeness (QED) is 0.198. The minimum Gasteiger partial charge on any atom is -0.497 e. The van der Waals surface area contributed by atoms with E-state index in [1.165, 1.54) is 28.0 Å². The number of carbonyl (C=O) groups excluding carboxylic acids is 1. The zero-order valence-electron chi connectivity index (χ0n) is 27.8. The number of aryl methyl sites for hydroxylation is 3. The van der Waals surface area contributed by atoms with Crippen molar-refractivity contribution >= 4 is 29.0 Å². The molecule has 1 N–H and O–H groups in total. The van der Waals surface area contributed by atoms with E-state index >= 15 is 0 Å². The summed E-state index contributed by atoms with van der Waals surface area (Å²) in [5.41, 5.74) is 7.60. The molecule has 0 fully saturated rings. The lowest BCUT2D eigenvalue weighted by Gasteiger charge is -2.25. The Bertz CT molecular complexity index is 2190. The van der Waals surface area contributed by atoms with Crippen molar-refractivity contribution in [3.05, 3.63) is 149 Å². The summed E-state index contributed by atoms with van der Waals surface area (Å²) in [6.45, 7) is 8.49. The number of para-hydroxylation sites is 1. The third-order valence-corrected chi connectivity index (χ3v) is 9.41. The van der Waals surface area contributed by atoms with Crippen molar-refractivity contribution in [2.45, 2.75) is 40.3 Å². The molecule has 2 heterocycles. The Morgan fingerprint density at radius 1 is 0.896 bits per heavy atom. The van der Waals surface area contributed by atoms with Crippen molar-refractivity contribution in [2.24, 2.45) is 4.99 Å². The van der Waals surface area contributed by atoms with E-state index in [1.54, 1.807) is 25.7 Å². The largest absolute Gasteiger partial charge is 0.497 e. The van der Waals surface area contributed by atoms with Gasteiger partial charge in [0.05, 0.1) is 36.1 Å². The summed E-state index contributed by atoms with van der Waals surface area (Å²) in [4.78, 5) is 33.2. The molecule has 0 spiro atoms. The summed E-state index contributed by atoms with van der Waals surface area (Å²) < 4.78 is 19.4. The maximum atomic E-state index is 14.2. The van der Waals surface area contributed by atoms with Crippen LogP contribution in [0.5, 0.6) is 17.2 Å². The lowest BCUT2D eigenvalue weighted by Crippen LogP contribution is -2.40. The van der Waals surface area contributed by atoms with E-state index in [0.717, 1.165) is 16.7 Å². The number of hydrogen-bond acceptors (Lipinski definition) is 7. The molecule has 1 amide bonds. The predicted molar refractivity (Wildman–Crippen MR) is 190 cm³/mol. The van der Waals surface area contributed by atoms with E-state index in [1.807, 2.05) is 78.9 Å². The predicted octanol–water partition coefficient (Wildman–Crippen LogP) is 6.40. The molecule has 0 bridgehead atoms. The molecule has 244 valence electrons. The van der Waals surface area contributed by atoms with Crippen LogP contribution in [-0.4, -0.2) is 24.7 Å². The summed E-state index contributed by atoms with van der Waals surface area (Å²) >= 11 is 1.28. The zero-order chi connectivity index (χ0) is 33.9. The number of aromatic nitrogens is 1. The fraction of sp³-hybridized carbons (Fsp3) is 0.205. The number of allylic oxidation sites excluding steroid dienone is 1. The van der Waals surface area contributed by atoms with Gasteiger partial charge in [0.1, 0.15) is 12.4 Å². The van der Waals surface area contributed by atoms with Gasteiger partial charge in [-0.3, -0.25) is 14.2 Å². The number of fused-ring (bicyclic) bond motifs is 1. The van der Waals surface area contributed by atoms with Gasteiger partial charge >= 0.3 is 0 Å². The Labute approximate surface area is 283 Å². The minimum atomic E-state index is -0.697. The molecule has 1 aliphatic rings. The fourth-order valence-corrected chi connectivity index (χ4v) is 7.11. The summed E-state index contributed by atoms with van der Waals surface area (Å²) in [6.07, 6.45) is 1.82. The zero-order valence-corrected chi connectivity index (χ0v) is 28.6. The monoisotopic (exact) mass is 659 g/mol. The highest BCUT2D eigenvalue weighted by Gasteiger charge is 2.32. The van der Waals surface area contributed by atoms with Crippen molar-refractivity contribution in [3.8, 4) is 17.2 Å². The summed E-state index contributed by atoms with van der Waals surface area (Å²) in [5, 5.41) is 2.98. The van der Waals surface area contributed by atoms with Gasteiger partial charge in [0.2, 0.25) is 0 Å². The SMILES string of the molecule is COc1ccc([C@H]2C(C(=O)Nc3ccccc3)=C(C)N=c3s/c(=C/c4ccc(OCc5c(C)cc(C)cc5C)c(OC)c4)c(=O)n32)cc1. The molecule has 4 aromatic carbocycles. The molecule has 6 rings (SSSR count). The van der Waals surface area contributed by atoms with Crippen molar-refractivity contribution in [2.75, 3.05) is 19.5 Å². The van der Waals surface area contributed by atoms with Crippen LogP contribution in [0.2, 0.25) is 0 Å². The Hall–Kier alpha value is -5.41. The first-order valence-corrected chi connectivity index (χ1v) is 16.4. The van der Waals surface area contributed by atoms with Crippen LogP contribution in [0.4, 0.5) is 5.69 Å². The van der Waals surface area contributed by atoms with E-state index in [9.17, 15) is 9.59 Å². The lowest BCUT2D eigenvalue weighted by atomic mass is 9.95. The number of nitrogens with zero attached hydrogens (tertiary/aromatic N) is 2. The van der Waals surface area contributed by atoms with Crippen LogP contribution >= 0.6 is 11.3 Å². The van der Waals surface area contributed by atoms with Gasteiger partial charge in [0.15, 0.2) is 16.3 Å². The van der Waals surface area contributed by atoms with Gasteiger partial charge in [-0.15, -0.1) is 0 Å². The number of hydrogen-bond donors (Lipinski definition) is 1. The highest BCUT2D eigenvalue weighted by molar-refractivity contribution is 7.07. The number of nitrogens with one attached hydrogen (secondary N) is 1. The van der Waals surface area contributed by atoms with Crippen LogP contribution in [0.3, 0.4) is 0 Å². The van der Waals surface area contributed by atoms with Crippen molar-refractivity contribution in [1.82, 2.24) is 4.57 Å². The number of rotatable bonds is 9. The fourth-order valence-electron chi connectivity index (χ4n) is 6.07. The molecule has 1 aliphatic heterocycles. The Morgan fingerprint density at radius 2 is 1.60 bits per heavy atom. The molecular formula is C39H37N3O5S. The van der Waals surface area contributed by atoms with Crippen LogP contribution < -0.4 is 34.4 Å². The van der Waals surface area contributed by atoms with Crippen molar-refractivity contribution in [3.63, 3.8) is 0 Å². The number of benzene rings is 4. The number of thiazole rings is 1. The van der Waals surface area contributed by atoms with Crippen LogP contribution in [0, 0.1) is 20.8 Å². The van der Waals surface area contributed by atoms with E-state index in [-0.39, 0.29) is 11.5 Å². The summed E-state index contributed by atoms with van der Waals surface area (Å²) in [5.74, 6) is 1.52. The average Bonchev–Trinajstić information content (AvgIpc) is 3.37. The molecule has 5 aromatic rings. The Morgan fingerprint density at radius 3 is 2.27 bits per heavy atom. The minimum absolute atomic E-state index is 0.248. The molecule has 0 aliphatic carbocycles. The van der Waals surface area contributed by atoms with Gasteiger partial charge in [-0.1, -0.05) is 65.4 Å². The number of carbonyl (C=O) groups is 1. The Kier molecular flexibility index (Phi) is 9.32. The first-order chi connectivity index (χ1) is 23.2. The molecule has 0 radical (unpaired) electrons. The van der Waals surface area contributed by atoms with Gasteiger partial charge in [-0.05, 0) is 98.0 Å². The summed E-state index contributed by atoms with van der Waals surface area (Å²) in [6, 6.07) is 25.8. The van der Waals surface area contributed by atoms with Gasteiger partial charge < -0.3 is 19.5 Å². The van der Waals surface area contributed by atoms with Gasteiger partial charge in [-0.2, -0.15) is 0 Å². The summed E-state index contributed by atoms with van der Waals surface area (Å²) in [7, 11) is 3.20. The molecule has 0 saturated carbocycles. The van der Waals surface area contributed by atoms with E-state index in [4.69, 9.17) is 19.2 Å². The molecule has 1 atom stereocenters. The van der Waals surface area contributed by atoms with Crippen molar-refractivity contribution < 1.29 is 19.0 Å². The van der Waals surface area contributed by atoms with Crippen LogP contribution in [0.15, 0.2) is 106 Å². The Balaban J connectivity index is 1.37. The highest BCUT2D eigenvalue weighted by atomic mass is 32.1. The van der Waals surface area contributed by atoms with Crippen LogP contribution in [0.25, 0.3) is 6.08 Å². The first-order valence-electron chi connectivity index (χ1n) is 15.6. The normalized spacial score (nSPS) is 14.3. The maximum Gasteiger partial charge on any atom is 0.271 e. The second kappa shape index (κ2) is 13.8. The number of ether oxygens (including phenoxy) is 3. The second-order valence-corrected chi connectivity index (χ2v) is 12.8. The molecular weight excluding hydrogens is 623 g/mol. The third-order valence-electron chi connectivity index (χ3n) is 8.43. The molecule has 8 nitrogen and oxygen atoms in total. The average molecular weight is 660 g/mol. The number of anilines is 1. The topological polar surface area (TPSA) is 91.2 Å². The van der Waals surface area contributed by atoms with Gasteiger partial charge in [0.25, 0.3) is 11.5 Å². The first kappa shape index (κ1) is 32.5. The van der Waals surface area contributed by atoms with Crippen LogP contribution in [-0.2, 0) is 11.4 Å². The standard InChI is InChI=1S/C39H37N3O5S/c1-23-18-24(2)31(25(3)19-23)22-47-32-17-12-27(20-33(32)46-6)21-34-38(44)42-36(28-13-15-30(45-5)16-14-28)35(26(4)40-39(42)48-34)37(43)41-29-10-8-7-9-11-29/h7-21,36H,22H2,1-6H3,(H,41,43)/b34-21+/t36-/m0/s1. The molecule has 1 aromatic heterocycles.